The Labute approximate surface area is 69.8 Å². The van der Waals surface area contributed by atoms with Gasteiger partial charge in [0.1, 0.15) is 0 Å². The van der Waals surface area contributed by atoms with Gasteiger partial charge in [-0.05, 0) is 25.2 Å². The number of hydrogen-bond acceptors (Lipinski definition) is 0. The van der Waals surface area contributed by atoms with Crippen LogP contribution in [-0.2, 0) is 0 Å². The monoisotopic (exact) mass is 153 g/mol. The zero-order chi connectivity index (χ0) is 7.68. The fourth-order valence-electron chi connectivity index (χ4n) is 2.80. The second-order valence-corrected chi connectivity index (χ2v) is 4.30. The summed E-state index contributed by atoms with van der Waals surface area (Å²) >= 11 is 0. The van der Waals surface area contributed by atoms with Gasteiger partial charge in [0.2, 0.25) is 0 Å². The summed E-state index contributed by atoms with van der Waals surface area (Å²) in [5.41, 5.74) is 0. The molecule has 11 heavy (non-hydrogen) atoms. The van der Waals surface area contributed by atoms with Crippen LogP contribution in [-0.4, -0.2) is 13.1 Å². The van der Waals surface area contributed by atoms with E-state index in [1.807, 2.05) is 0 Å². The standard InChI is InChI=1S/C10H19N/c1-11-7-6-9-4-2-3-5-10(9)8-11/h9-11H,1-8H2. The van der Waals surface area contributed by atoms with Crippen molar-refractivity contribution in [2.24, 2.45) is 11.8 Å². The molecule has 0 aromatic rings. The molecule has 0 radical (unpaired) electrons. The van der Waals surface area contributed by atoms with Gasteiger partial charge in [-0.3, -0.25) is 0 Å². The first kappa shape index (κ1) is 7.60. The van der Waals surface area contributed by atoms with Crippen LogP contribution in [0.15, 0.2) is 0 Å². The van der Waals surface area contributed by atoms with E-state index in [0.717, 1.165) is 11.8 Å². The van der Waals surface area contributed by atoms with Crippen LogP contribution < -0.4 is 4.90 Å². The van der Waals surface area contributed by atoms with Crippen LogP contribution in [0.25, 0.3) is 0 Å². The SMILES string of the molecule is [CH2-][NH+]1CCC2CCCCC2C1. The fraction of sp³-hybridized carbons (Fsp3) is 0.900. The molecule has 1 N–H and O–H groups in total. The van der Waals surface area contributed by atoms with Crippen LogP contribution >= 0.6 is 0 Å². The predicted octanol–water partition coefficient (Wildman–Crippen LogP) is 0.873. The molecular weight excluding hydrogens is 134 g/mol. The Morgan fingerprint density at radius 1 is 1.00 bits per heavy atom. The molecule has 3 unspecified atom stereocenters. The molecule has 1 heteroatoms. The lowest BCUT2D eigenvalue weighted by molar-refractivity contribution is -0.865. The molecule has 1 nitrogen and oxygen atoms in total. The summed E-state index contributed by atoms with van der Waals surface area (Å²) < 4.78 is 0. The Morgan fingerprint density at radius 3 is 2.55 bits per heavy atom. The normalized spacial score (nSPS) is 45.0. The van der Waals surface area contributed by atoms with Gasteiger partial charge in [-0.15, -0.1) is 0 Å². The third-order valence-corrected chi connectivity index (χ3v) is 3.49. The molecule has 1 saturated carbocycles. The van der Waals surface area contributed by atoms with Crippen LogP contribution in [0.2, 0.25) is 0 Å². The first-order valence-electron chi connectivity index (χ1n) is 5.03. The van der Waals surface area contributed by atoms with Crippen molar-refractivity contribution < 1.29 is 4.90 Å². The highest BCUT2D eigenvalue weighted by atomic mass is 15.1. The molecule has 0 aromatic carbocycles. The van der Waals surface area contributed by atoms with Gasteiger partial charge in [0.25, 0.3) is 0 Å². The molecule has 2 rings (SSSR count). The van der Waals surface area contributed by atoms with Gasteiger partial charge in [-0.25, -0.2) is 0 Å². The molecule has 1 heterocycles. The second kappa shape index (κ2) is 3.14. The minimum Gasteiger partial charge on any atom is -0.468 e. The zero-order valence-electron chi connectivity index (χ0n) is 7.31. The van der Waals surface area contributed by atoms with E-state index in [-0.39, 0.29) is 0 Å². The molecule has 1 aliphatic carbocycles. The molecule has 0 bridgehead atoms. The van der Waals surface area contributed by atoms with E-state index < -0.39 is 0 Å². The van der Waals surface area contributed by atoms with Crippen LogP contribution in [0.4, 0.5) is 0 Å². The van der Waals surface area contributed by atoms with Crippen molar-refractivity contribution in [3.05, 3.63) is 7.05 Å². The Hall–Kier alpha value is -0.0400. The third-order valence-electron chi connectivity index (χ3n) is 3.49. The molecule has 1 aliphatic heterocycles. The molecule has 0 amide bonds. The molecule has 2 fully saturated rings. The van der Waals surface area contributed by atoms with E-state index >= 15 is 0 Å². The van der Waals surface area contributed by atoms with Crippen LogP contribution in [0.1, 0.15) is 32.1 Å². The van der Waals surface area contributed by atoms with Gasteiger partial charge in [0.05, 0.1) is 13.1 Å². The molecule has 1 saturated heterocycles. The predicted molar refractivity (Wildman–Crippen MR) is 46.1 cm³/mol. The van der Waals surface area contributed by atoms with Gasteiger partial charge >= 0.3 is 0 Å². The van der Waals surface area contributed by atoms with Crippen LogP contribution in [0.5, 0.6) is 0 Å². The molecule has 0 spiro atoms. The highest BCUT2D eigenvalue weighted by molar-refractivity contribution is 4.76. The minimum atomic E-state index is 1.03. The number of fused-ring (bicyclic) bond motifs is 1. The summed E-state index contributed by atoms with van der Waals surface area (Å²) in [6.07, 6.45) is 7.42. The van der Waals surface area contributed by atoms with E-state index in [2.05, 4.69) is 7.05 Å². The lowest BCUT2D eigenvalue weighted by Crippen LogP contribution is -3.09. The summed E-state index contributed by atoms with van der Waals surface area (Å²) in [6.45, 7) is 2.67. The fourth-order valence-corrected chi connectivity index (χ4v) is 2.80. The molecule has 2 aliphatic rings. The molecule has 64 valence electrons. The summed E-state index contributed by atoms with van der Waals surface area (Å²) in [5.74, 6) is 2.11. The van der Waals surface area contributed by atoms with E-state index in [1.165, 1.54) is 50.1 Å². The van der Waals surface area contributed by atoms with E-state index in [9.17, 15) is 0 Å². The third kappa shape index (κ3) is 1.58. The number of piperidine rings is 1. The summed E-state index contributed by atoms with van der Waals surface area (Å²) in [4.78, 5) is 1.52. The van der Waals surface area contributed by atoms with Crippen molar-refractivity contribution >= 4 is 0 Å². The Morgan fingerprint density at radius 2 is 1.73 bits per heavy atom. The summed E-state index contributed by atoms with van der Waals surface area (Å²) in [7, 11) is 4.11. The van der Waals surface area contributed by atoms with Crippen molar-refractivity contribution in [2.45, 2.75) is 32.1 Å². The topological polar surface area (TPSA) is 4.44 Å². The smallest absolute Gasteiger partial charge is 0.0561 e. The summed E-state index contributed by atoms with van der Waals surface area (Å²) in [6, 6.07) is 0. The van der Waals surface area contributed by atoms with Gasteiger partial charge in [-0.1, -0.05) is 12.8 Å². The van der Waals surface area contributed by atoms with Gasteiger partial charge in [0, 0.05) is 5.92 Å². The van der Waals surface area contributed by atoms with Crippen molar-refractivity contribution in [2.75, 3.05) is 13.1 Å². The van der Waals surface area contributed by atoms with Gasteiger partial charge in [-0.2, -0.15) is 7.05 Å². The maximum absolute atomic E-state index is 4.11. The van der Waals surface area contributed by atoms with E-state index in [0.29, 0.717) is 0 Å². The number of nitrogens with one attached hydrogen (secondary N) is 1. The van der Waals surface area contributed by atoms with Crippen LogP contribution in [0, 0.1) is 18.9 Å². The van der Waals surface area contributed by atoms with Gasteiger partial charge in [0.15, 0.2) is 0 Å². The number of likely N-dealkylation sites (tertiary alicyclic amines) is 1. The Balaban J connectivity index is 1.93. The summed E-state index contributed by atoms with van der Waals surface area (Å²) in [5, 5.41) is 0. The highest BCUT2D eigenvalue weighted by Crippen LogP contribution is 2.32. The van der Waals surface area contributed by atoms with E-state index in [1.54, 1.807) is 0 Å². The van der Waals surface area contributed by atoms with Gasteiger partial charge < -0.3 is 4.90 Å². The highest BCUT2D eigenvalue weighted by Gasteiger charge is 2.30. The lowest BCUT2D eigenvalue weighted by Gasteiger charge is -2.40. The molecule has 3 atom stereocenters. The lowest BCUT2D eigenvalue weighted by atomic mass is 9.75. The average Bonchev–Trinajstić information content (AvgIpc) is 2.04. The number of quaternary nitrogens is 1. The number of hydrogen-bond donors (Lipinski definition) is 1. The average molecular weight is 153 g/mol. The van der Waals surface area contributed by atoms with Crippen LogP contribution in [0.3, 0.4) is 0 Å². The second-order valence-electron chi connectivity index (χ2n) is 4.30. The largest absolute Gasteiger partial charge is 0.468 e. The maximum atomic E-state index is 4.11. The first-order valence-corrected chi connectivity index (χ1v) is 5.03. The zero-order valence-corrected chi connectivity index (χ0v) is 7.31. The Kier molecular flexibility index (Phi) is 2.17. The quantitative estimate of drug-likeness (QED) is 0.493. The molecular formula is C10H19N. The van der Waals surface area contributed by atoms with E-state index in [4.69, 9.17) is 0 Å². The van der Waals surface area contributed by atoms with Crippen molar-refractivity contribution in [3.63, 3.8) is 0 Å². The molecule has 0 aromatic heterocycles. The van der Waals surface area contributed by atoms with Crippen molar-refractivity contribution in [1.82, 2.24) is 0 Å². The minimum absolute atomic E-state index is 1.03. The van der Waals surface area contributed by atoms with Crippen molar-refractivity contribution in [3.8, 4) is 0 Å². The first-order chi connectivity index (χ1) is 5.36. The maximum Gasteiger partial charge on any atom is 0.0561 e. The number of rotatable bonds is 0. The van der Waals surface area contributed by atoms with Crippen molar-refractivity contribution in [1.29, 1.82) is 0 Å². The Bertz CT molecular complexity index is 133.